The summed E-state index contributed by atoms with van der Waals surface area (Å²) in [6.07, 6.45) is 5.60. The minimum absolute atomic E-state index is 0.0404. The molecule has 0 radical (unpaired) electrons. The van der Waals surface area contributed by atoms with Crippen LogP contribution in [0.3, 0.4) is 0 Å². The number of carbonyl (C=O) groups is 2. The van der Waals surface area contributed by atoms with Crippen molar-refractivity contribution >= 4 is 21.8 Å². The second-order valence-electron chi connectivity index (χ2n) is 8.11. The minimum atomic E-state index is -3.03. The van der Waals surface area contributed by atoms with Gasteiger partial charge in [-0.05, 0) is 26.2 Å². The van der Waals surface area contributed by atoms with Crippen molar-refractivity contribution in [2.75, 3.05) is 50.8 Å². The largest absolute Gasteiger partial charge is 0.450 e. The first-order valence-electron chi connectivity index (χ1n) is 10.6. The Morgan fingerprint density at radius 1 is 1.00 bits per heavy atom. The highest BCUT2D eigenvalue weighted by molar-refractivity contribution is 7.91. The monoisotopic (exact) mass is 415 g/mol. The molecule has 2 heterocycles. The van der Waals surface area contributed by atoms with Crippen LogP contribution in [0, 0.1) is 0 Å². The van der Waals surface area contributed by atoms with Crippen molar-refractivity contribution in [2.24, 2.45) is 0 Å². The lowest BCUT2D eigenvalue weighted by atomic mass is 9.92. The van der Waals surface area contributed by atoms with E-state index in [1.807, 2.05) is 4.90 Å². The van der Waals surface area contributed by atoms with Gasteiger partial charge in [-0.25, -0.2) is 13.2 Å². The van der Waals surface area contributed by atoms with Crippen LogP contribution in [0.1, 0.15) is 45.4 Å². The summed E-state index contributed by atoms with van der Waals surface area (Å²) in [5.74, 6) is 0.330. The van der Waals surface area contributed by atoms with Crippen molar-refractivity contribution in [3.05, 3.63) is 0 Å². The first-order chi connectivity index (χ1) is 13.4. The van der Waals surface area contributed by atoms with Crippen LogP contribution in [0.2, 0.25) is 0 Å². The van der Waals surface area contributed by atoms with E-state index in [0.29, 0.717) is 45.8 Å². The highest BCUT2D eigenvalue weighted by Gasteiger charge is 2.39. The van der Waals surface area contributed by atoms with Crippen LogP contribution in [0.25, 0.3) is 0 Å². The maximum atomic E-state index is 13.2. The Morgan fingerprint density at radius 2 is 1.68 bits per heavy atom. The Hall–Kier alpha value is -1.35. The number of ether oxygens (including phenoxy) is 1. The van der Waals surface area contributed by atoms with Crippen LogP contribution in [-0.4, -0.2) is 98.0 Å². The molecule has 2 amide bonds. The highest BCUT2D eigenvalue weighted by Crippen LogP contribution is 2.28. The third-order valence-corrected chi connectivity index (χ3v) is 7.87. The summed E-state index contributed by atoms with van der Waals surface area (Å²) < 4.78 is 29.0. The third kappa shape index (κ3) is 5.37. The molecule has 0 aromatic heterocycles. The van der Waals surface area contributed by atoms with Crippen LogP contribution in [0.5, 0.6) is 0 Å². The molecule has 1 aliphatic carbocycles. The van der Waals surface area contributed by atoms with Gasteiger partial charge in [0.2, 0.25) is 5.91 Å². The number of piperazine rings is 1. The maximum absolute atomic E-state index is 13.2. The second-order valence-corrected chi connectivity index (χ2v) is 10.3. The lowest BCUT2D eigenvalue weighted by Gasteiger charge is -2.40. The van der Waals surface area contributed by atoms with E-state index in [2.05, 4.69) is 4.90 Å². The van der Waals surface area contributed by atoms with E-state index in [4.69, 9.17) is 4.74 Å². The number of hydrogen-bond donors (Lipinski definition) is 0. The molecule has 0 aromatic carbocycles. The molecular weight excluding hydrogens is 382 g/mol. The molecule has 0 spiro atoms. The number of rotatable bonds is 5. The zero-order valence-corrected chi connectivity index (χ0v) is 17.7. The van der Waals surface area contributed by atoms with Gasteiger partial charge in [0.05, 0.1) is 24.7 Å². The lowest BCUT2D eigenvalue weighted by Crippen LogP contribution is -2.55. The van der Waals surface area contributed by atoms with Crippen molar-refractivity contribution in [1.29, 1.82) is 0 Å². The Morgan fingerprint density at radius 3 is 2.25 bits per heavy atom. The van der Waals surface area contributed by atoms with Gasteiger partial charge >= 0.3 is 6.09 Å². The second kappa shape index (κ2) is 9.43. The van der Waals surface area contributed by atoms with E-state index in [1.54, 1.807) is 11.8 Å². The average molecular weight is 416 g/mol. The predicted molar refractivity (Wildman–Crippen MR) is 106 cm³/mol. The number of carbonyl (C=O) groups excluding carboxylic acids is 2. The van der Waals surface area contributed by atoms with Crippen molar-refractivity contribution in [2.45, 2.75) is 57.5 Å². The number of nitrogens with zero attached hydrogens (tertiary/aromatic N) is 3. The van der Waals surface area contributed by atoms with E-state index in [0.717, 1.165) is 25.7 Å². The fraction of sp³-hybridized carbons (Fsp3) is 0.895. The van der Waals surface area contributed by atoms with Gasteiger partial charge in [0.1, 0.15) is 0 Å². The van der Waals surface area contributed by atoms with E-state index < -0.39 is 9.84 Å². The minimum Gasteiger partial charge on any atom is -0.450 e. The van der Waals surface area contributed by atoms with Crippen molar-refractivity contribution < 1.29 is 22.7 Å². The zero-order chi connectivity index (χ0) is 20.1. The average Bonchev–Trinajstić information content (AvgIpc) is 3.03. The van der Waals surface area contributed by atoms with Crippen molar-refractivity contribution in [3.8, 4) is 0 Å². The normalized spacial score (nSPS) is 26.2. The summed E-state index contributed by atoms with van der Waals surface area (Å²) in [6.45, 7) is 4.80. The van der Waals surface area contributed by atoms with Gasteiger partial charge in [-0.1, -0.05) is 19.3 Å². The predicted octanol–water partition coefficient (Wildman–Crippen LogP) is 1.11. The molecule has 9 heteroatoms. The Bertz CT molecular complexity index is 654. The van der Waals surface area contributed by atoms with Crippen molar-refractivity contribution in [3.63, 3.8) is 0 Å². The molecule has 28 heavy (non-hydrogen) atoms. The van der Waals surface area contributed by atoms with Crippen LogP contribution in [0.15, 0.2) is 0 Å². The van der Waals surface area contributed by atoms with Crippen LogP contribution in [-0.2, 0) is 19.4 Å². The molecule has 0 aromatic rings. The molecule has 0 N–H and O–H groups in total. The van der Waals surface area contributed by atoms with Gasteiger partial charge in [0, 0.05) is 38.3 Å². The fourth-order valence-electron chi connectivity index (χ4n) is 4.64. The third-order valence-electron chi connectivity index (χ3n) is 6.12. The van der Waals surface area contributed by atoms with E-state index in [1.165, 1.54) is 6.42 Å². The quantitative estimate of drug-likeness (QED) is 0.668. The van der Waals surface area contributed by atoms with Gasteiger partial charge in [-0.2, -0.15) is 0 Å². The van der Waals surface area contributed by atoms with E-state index in [9.17, 15) is 18.0 Å². The molecule has 1 unspecified atom stereocenters. The van der Waals surface area contributed by atoms with Gasteiger partial charge in [0.25, 0.3) is 0 Å². The Labute approximate surface area is 168 Å². The van der Waals surface area contributed by atoms with Gasteiger partial charge < -0.3 is 14.5 Å². The van der Waals surface area contributed by atoms with Crippen molar-refractivity contribution in [1.82, 2.24) is 14.7 Å². The standard InChI is InChI=1S/C19H33N3O5S/c1-2-27-19(24)21-11-9-20(10-12-21)14-18(23)22(16-6-4-3-5-7-16)17-8-13-28(25,26)15-17/h16-17H,2-15H2,1H3. The van der Waals surface area contributed by atoms with Gasteiger partial charge in [-0.15, -0.1) is 0 Å². The summed E-state index contributed by atoms with van der Waals surface area (Å²) in [5.41, 5.74) is 0. The number of hydrogen-bond acceptors (Lipinski definition) is 6. The highest BCUT2D eigenvalue weighted by atomic mass is 32.2. The SMILES string of the molecule is CCOC(=O)N1CCN(CC(=O)N(C2CCCCC2)C2CCS(=O)(=O)C2)CC1. The lowest BCUT2D eigenvalue weighted by molar-refractivity contribution is -0.138. The summed E-state index contributed by atoms with van der Waals surface area (Å²) in [4.78, 5) is 30.7. The van der Waals surface area contributed by atoms with Crippen LogP contribution in [0.4, 0.5) is 4.79 Å². The molecule has 3 fully saturated rings. The first kappa shape index (κ1) is 21.4. The van der Waals surface area contributed by atoms with E-state index >= 15 is 0 Å². The molecule has 2 aliphatic heterocycles. The fourth-order valence-corrected chi connectivity index (χ4v) is 6.35. The molecular formula is C19H33N3O5S. The molecule has 160 valence electrons. The van der Waals surface area contributed by atoms with Crippen LogP contribution >= 0.6 is 0 Å². The smallest absolute Gasteiger partial charge is 0.409 e. The molecule has 0 bridgehead atoms. The topological polar surface area (TPSA) is 87.2 Å². The molecule has 1 atom stereocenters. The van der Waals surface area contributed by atoms with Crippen LogP contribution < -0.4 is 0 Å². The Kier molecular flexibility index (Phi) is 7.20. The molecule has 3 rings (SSSR count). The van der Waals surface area contributed by atoms with E-state index in [-0.39, 0.29) is 35.6 Å². The number of amides is 2. The van der Waals surface area contributed by atoms with Gasteiger partial charge in [-0.3, -0.25) is 9.69 Å². The summed E-state index contributed by atoms with van der Waals surface area (Å²) in [5, 5.41) is 0. The molecule has 1 saturated carbocycles. The Balaban J connectivity index is 1.59. The molecule has 3 aliphatic rings. The molecule has 8 nitrogen and oxygen atoms in total. The number of sulfone groups is 1. The summed E-state index contributed by atoms with van der Waals surface area (Å²) in [7, 11) is -3.03. The summed E-state index contributed by atoms with van der Waals surface area (Å²) in [6, 6.07) is -0.0122. The maximum Gasteiger partial charge on any atom is 0.409 e. The molecule has 2 saturated heterocycles. The summed E-state index contributed by atoms with van der Waals surface area (Å²) >= 11 is 0. The first-order valence-corrected chi connectivity index (χ1v) is 12.4. The zero-order valence-electron chi connectivity index (χ0n) is 16.8. The van der Waals surface area contributed by atoms with Gasteiger partial charge in [0.15, 0.2) is 9.84 Å².